The predicted molar refractivity (Wildman–Crippen MR) is 167 cm³/mol. The number of fused-ring (bicyclic) bond motifs is 3. The van der Waals surface area contributed by atoms with Crippen LogP contribution < -0.4 is 14.6 Å². The van der Waals surface area contributed by atoms with E-state index in [1.165, 1.54) is 0 Å². The molecule has 4 aromatic rings. The second-order valence-electron chi connectivity index (χ2n) is 12.2. The highest BCUT2D eigenvalue weighted by Gasteiger charge is 2.28. The van der Waals surface area contributed by atoms with Crippen molar-refractivity contribution in [3.63, 3.8) is 0 Å². The lowest BCUT2D eigenvalue weighted by atomic mass is 9.84. The minimum Gasteiger partial charge on any atom is -0.497 e. The van der Waals surface area contributed by atoms with Crippen LogP contribution in [0.4, 0.5) is 0 Å². The van der Waals surface area contributed by atoms with E-state index in [-0.39, 0.29) is 23.4 Å². The number of ether oxygens (including phenoxy) is 3. The highest BCUT2D eigenvalue weighted by atomic mass is 31.1. The first-order valence-corrected chi connectivity index (χ1v) is 15.1. The van der Waals surface area contributed by atoms with Gasteiger partial charge in [0.25, 0.3) is 0 Å². The Labute approximate surface area is 243 Å². The largest absolute Gasteiger partial charge is 0.497 e. The molecule has 0 aliphatic rings. The summed E-state index contributed by atoms with van der Waals surface area (Å²) in [5.41, 5.74) is 3.75. The van der Waals surface area contributed by atoms with E-state index >= 15 is 0 Å². The molecule has 41 heavy (non-hydrogen) atoms. The van der Waals surface area contributed by atoms with Crippen molar-refractivity contribution < 1.29 is 27.4 Å². The molecule has 220 valence electrons. The minimum atomic E-state index is -1.84. The summed E-state index contributed by atoms with van der Waals surface area (Å²) in [5, 5.41) is 5.10. The zero-order valence-electron chi connectivity index (χ0n) is 25.6. The molecule has 8 heteroatoms. The van der Waals surface area contributed by atoms with Gasteiger partial charge in [0.05, 0.1) is 20.8 Å². The number of methoxy groups -OCH3 is 2. The van der Waals surface area contributed by atoms with Crippen molar-refractivity contribution in [2.45, 2.75) is 71.8 Å². The van der Waals surface area contributed by atoms with Crippen LogP contribution in [0.2, 0.25) is 0 Å². The van der Waals surface area contributed by atoms with E-state index in [0.29, 0.717) is 17.6 Å². The van der Waals surface area contributed by atoms with Crippen LogP contribution in [-0.4, -0.2) is 32.8 Å². The van der Waals surface area contributed by atoms with Crippen molar-refractivity contribution >= 4 is 36.1 Å². The van der Waals surface area contributed by atoms with E-state index in [4.69, 9.17) is 22.6 Å². The van der Waals surface area contributed by atoms with Crippen molar-refractivity contribution in [1.82, 2.24) is 0 Å². The number of esters is 1. The molecule has 4 rings (SSSR count). The quantitative estimate of drug-likeness (QED) is 0.209. The molecule has 0 unspecified atom stereocenters. The third-order valence-electron chi connectivity index (χ3n) is 6.97. The Bertz CT molecular complexity index is 1480. The van der Waals surface area contributed by atoms with Gasteiger partial charge in [0, 0.05) is 21.9 Å². The summed E-state index contributed by atoms with van der Waals surface area (Å²) in [4.78, 5) is 13.2. The number of rotatable bonds is 8. The second-order valence-corrected chi connectivity index (χ2v) is 13.3. The van der Waals surface area contributed by atoms with E-state index in [1.807, 2.05) is 54.6 Å². The van der Waals surface area contributed by atoms with Gasteiger partial charge in [-0.3, -0.25) is 4.79 Å². The van der Waals surface area contributed by atoms with Crippen LogP contribution >= 0.6 is 8.16 Å². The molecule has 1 atom stereocenters. The van der Waals surface area contributed by atoms with Gasteiger partial charge in [-0.2, -0.15) is 0 Å². The third kappa shape index (κ3) is 6.91. The molecule has 0 amide bonds. The van der Waals surface area contributed by atoms with E-state index in [1.54, 1.807) is 21.1 Å². The maximum absolute atomic E-state index is 13.2. The van der Waals surface area contributed by atoms with Gasteiger partial charge >= 0.3 is 14.1 Å². The van der Waals surface area contributed by atoms with E-state index < -0.39 is 14.2 Å². The van der Waals surface area contributed by atoms with Crippen LogP contribution in [0.1, 0.15) is 65.2 Å². The van der Waals surface area contributed by atoms with Gasteiger partial charge in [0.15, 0.2) is 0 Å². The SMILES string of the molecule is CCOC(=O)[C@H](Cc1ccccc1)Np1oc2c(C(C)(C)C)cc(OC)cc2c2cc(OC)cc(C(C)(C)C)c2o1. The Kier molecular flexibility index (Phi) is 9.10. The summed E-state index contributed by atoms with van der Waals surface area (Å²) in [6, 6.07) is 17.2. The van der Waals surface area contributed by atoms with Gasteiger partial charge in [-0.05, 0) is 54.0 Å². The third-order valence-corrected chi connectivity index (χ3v) is 8.19. The average Bonchev–Trinajstić information content (AvgIpc) is 3.07. The topological polar surface area (TPSA) is 83.1 Å². The Hall–Kier alpha value is -3.41. The van der Waals surface area contributed by atoms with Gasteiger partial charge in [0.2, 0.25) is 0 Å². The highest BCUT2D eigenvalue weighted by Crippen LogP contribution is 2.44. The molecule has 1 aromatic heterocycles. The Morgan fingerprint density at radius 2 is 1.32 bits per heavy atom. The lowest BCUT2D eigenvalue weighted by molar-refractivity contribution is -0.143. The first-order chi connectivity index (χ1) is 19.3. The molecule has 0 bridgehead atoms. The van der Waals surface area contributed by atoms with Gasteiger partial charge in [0.1, 0.15) is 28.7 Å². The molecule has 3 aromatic carbocycles. The second kappa shape index (κ2) is 12.2. The summed E-state index contributed by atoms with van der Waals surface area (Å²) >= 11 is 0. The van der Waals surface area contributed by atoms with E-state index in [2.05, 4.69) is 46.6 Å². The fourth-order valence-electron chi connectivity index (χ4n) is 4.79. The maximum Gasteiger partial charge on any atom is 0.324 e. The number of carbonyl (C=O) groups excluding carboxylic acids is 1. The zero-order valence-corrected chi connectivity index (χ0v) is 26.5. The molecule has 0 radical (unpaired) electrons. The molecule has 0 spiro atoms. The fourth-order valence-corrected chi connectivity index (χ4v) is 6.11. The van der Waals surface area contributed by atoms with Gasteiger partial charge < -0.3 is 22.6 Å². The normalized spacial score (nSPS) is 12.8. The number of carbonyl (C=O) groups is 1. The van der Waals surface area contributed by atoms with Gasteiger partial charge in [-0.15, -0.1) is 0 Å². The summed E-state index contributed by atoms with van der Waals surface area (Å²) < 4.78 is 30.5. The van der Waals surface area contributed by atoms with Crippen LogP contribution in [0, 0.1) is 0 Å². The lowest BCUT2D eigenvalue weighted by Crippen LogP contribution is -2.32. The predicted octanol–water partition coefficient (Wildman–Crippen LogP) is 8.62. The van der Waals surface area contributed by atoms with Crippen molar-refractivity contribution in [3.8, 4) is 11.5 Å². The standard InChI is InChI=1S/C33H42NO6P/c1-10-38-31(35)28(16-21-14-12-11-13-15-21)34-41-39-29-24(17-22(36-8)19-26(29)32(2,3)4)25-18-23(37-9)20-27(30(25)40-41)33(5,6)7/h11-15,17-20,28,34H,10,16H2,1-9H3/t28-/m0/s1. The van der Waals surface area contributed by atoms with Gasteiger partial charge in [-0.25, -0.2) is 5.09 Å². The van der Waals surface area contributed by atoms with E-state index in [9.17, 15) is 4.79 Å². The molecule has 7 nitrogen and oxygen atoms in total. The van der Waals surface area contributed by atoms with Crippen molar-refractivity contribution in [2.75, 3.05) is 25.9 Å². The molecule has 0 saturated heterocycles. The van der Waals surface area contributed by atoms with Crippen LogP contribution in [0.5, 0.6) is 11.5 Å². The number of hydrogen-bond donors (Lipinski definition) is 1. The van der Waals surface area contributed by atoms with Crippen LogP contribution in [0.3, 0.4) is 0 Å². The highest BCUT2D eigenvalue weighted by molar-refractivity contribution is 7.38. The molecule has 0 aliphatic heterocycles. The molecule has 0 aliphatic carbocycles. The first kappa shape index (κ1) is 30.5. The van der Waals surface area contributed by atoms with E-state index in [0.717, 1.165) is 39.0 Å². The van der Waals surface area contributed by atoms with Gasteiger partial charge in [-0.1, -0.05) is 71.9 Å². The molecule has 0 fully saturated rings. The van der Waals surface area contributed by atoms with Crippen LogP contribution in [0.25, 0.3) is 21.9 Å². The number of hydrogen-bond acceptors (Lipinski definition) is 7. The lowest BCUT2D eigenvalue weighted by Gasteiger charge is -2.21. The smallest absolute Gasteiger partial charge is 0.324 e. The van der Waals surface area contributed by atoms with Crippen LogP contribution in [-0.2, 0) is 26.8 Å². The van der Waals surface area contributed by atoms with Crippen LogP contribution in [0.15, 0.2) is 63.0 Å². The van der Waals surface area contributed by atoms with Crippen molar-refractivity contribution in [3.05, 3.63) is 71.3 Å². The first-order valence-electron chi connectivity index (χ1n) is 13.9. The van der Waals surface area contributed by atoms with Crippen molar-refractivity contribution in [2.24, 2.45) is 0 Å². The summed E-state index contributed by atoms with van der Waals surface area (Å²) in [6.07, 6.45) is 0.425. The van der Waals surface area contributed by atoms with Crippen molar-refractivity contribution in [1.29, 1.82) is 0 Å². The average molecular weight is 580 g/mol. The molecule has 1 N–H and O–H groups in total. The molecular formula is C33H42NO6P. The number of nitrogens with one attached hydrogen (secondary N) is 1. The maximum atomic E-state index is 13.2. The Morgan fingerprint density at radius 3 is 1.73 bits per heavy atom. The summed E-state index contributed by atoms with van der Waals surface area (Å²) in [6.45, 7) is 14.9. The summed E-state index contributed by atoms with van der Waals surface area (Å²) in [7, 11) is 1.49. The Morgan fingerprint density at radius 1 is 0.829 bits per heavy atom. The minimum absolute atomic E-state index is 0.277. The summed E-state index contributed by atoms with van der Waals surface area (Å²) in [5.74, 6) is 1.08. The molecular weight excluding hydrogens is 537 g/mol. The molecule has 1 heterocycles. The monoisotopic (exact) mass is 579 g/mol. The number of benzene rings is 3. The molecule has 0 saturated carbocycles. The Balaban J connectivity index is 2.10. The fraction of sp³-hybridized carbons (Fsp3) is 0.424. The zero-order chi connectivity index (χ0) is 29.9.